The Bertz CT molecular complexity index is 1120. The predicted molar refractivity (Wildman–Crippen MR) is 132 cm³/mol. The Hall–Kier alpha value is -2.81. The summed E-state index contributed by atoms with van der Waals surface area (Å²) < 4.78 is 1.84. The van der Waals surface area contributed by atoms with Gasteiger partial charge in [-0.3, -0.25) is 24.0 Å². The predicted octanol–water partition coefficient (Wildman–Crippen LogP) is 2.59. The van der Waals surface area contributed by atoms with Crippen LogP contribution in [-0.2, 0) is 11.3 Å². The van der Waals surface area contributed by atoms with Crippen molar-refractivity contribution in [2.24, 2.45) is 5.92 Å². The quantitative estimate of drug-likeness (QED) is 0.611. The number of carbonyl (C=O) groups is 3. The second-order valence-electron chi connectivity index (χ2n) is 9.31. The molecule has 1 aromatic carbocycles. The van der Waals surface area contributed by atoms with Crippen LogP contribution >= 0.6 is 11.8 Å². The van der Waals surface area contributed by atoms with Crippen molar-refractivity contribution in [3.8, 4) is 0 Å². The summed E-state index contributed by atoms with van der Waals surface area (Å²) in [7, 11) is 0. The molecule has 8 nitrogen and oxygen atoms in total. The number of anilines is 1. The van der Waals surface area contributed by atoms with Gasteiger partial charge in [0.1, 0.15) is 0 Å². The van der Waals surface area contributed by atoms with E-state index in [0.717, 1.165) is 54.5 Å². The molecule has 3 amide bonds. The van der Waals surface area contributed by atoms with Crippen molar-refractivity contribution in [2.75, 3.05) is 49.1 Å². The Labute approximate surface area is 204 Å². The van der Waals surface area contributed by atoms with Crippen LogP contribution < -0.4 is 4.90 Å². The molecule has 4 heterocycles. The molecule has 1 aromatic heterocycles. The normalized spacial score (nSPS) is 19.2. The second kappa shape index (κ2) is 9.44. The minimum atomic E-state index is -0.239. The number of carbonyl (C=O) groups excluding carboxylic acids is 3. The topological polar surface area (TPSA) is 78.8 Å². The number of aromatic nitrogens is 2. The summed E-state index contributed by atoms with van der Waals surface area (Å²) >= 11 is 1.91. The Kier molecular flexibility index (Phi) is 6.38. The molecular formula is C25H31N5O3S. The van der Waals surface area contributed by atoms with E-state index in [1.807, 2.05) is 53.4 Å². The number of fused-ring (bicyclic) bond motifs is 1. The molecule has 3 aliphatic rings. The molecule has 9 heteroatoms. The van der Waals surface area contributed by atoms with Gasteiger partial charge in [0.25, 0.3) is 11.8 Å². The van der Waals surface area contributed by atoms with Crippen LogP contribution in [0.4, 0.5) is 5.69 Å². The van der Waals surface area contributed by atoms with E-state index in [9.17, 15) is 14.4 Å². The van der Waals surface area contributed by atoms with Crippen LogP contribution in [0.3, 0.4) is 0 Å². The van der Waals surface area contributed by atoms with Gasteiger partial charge in [0.15, 0.2) is 0 Å². The maximum absolute atomic E-state index is 13.3. The van der Waals surface area contributed by atoms with Crippen LogP contribution in [0.5, 0.6) is 0 Å². The first kappa shape index (κ1) is 23.0. The molecule has 0 saturated carbocycles. The fourth-order valence-electron chi connectivity index (χ4n) is 5.29. The smallest absolute Gasteiger partial charge is 0.263 e. The Morgan fingerprint density at radius 2 is 1.76 bits per heavy atom. The molecule has 0 bridgehead atoms. The number of hydrogen-bond donors (Lipinski definition) is 0. The number of benzene rings is 1. The second-order valence-corrected chi connectivity index (χ2v) is 10.5. The summed E-state index contributed by atoms with van der Waals surface area (Å²) in [5, 5.41) is 4.44. The molecule has 0 N–H and O–H groups in total. The third-order valence-electron chi connectivity index (χ3n) is 7.12. The first-order valence-electron chi connectivity index (χ1n) is 12.1. The lowest BCUT2D eigenvalue weighted by atomic mass is 9.94. The number of nitrogens with zero attached hydrogens (tertiary/aromatic N) is 5. The molecule has 34 heavy (non-hydrogen) atoms. The third kappa shape index (κ3) is 4.21. The lowest BCUT2D eigenvalue weighted by Crippen LogP contribution is -2.45. The van der Waals surface area contributed by atoms with E-state index >= 15 is 0 Å². The zero-order chi connectivity index (χ0) is 23.8. The maximum atomic E-state index is 13.3. The van der Waals surface area contributed by atoms with Gasteiger partial charge >= 0.3 is 0 Å². The molecule has 2 saturated heterocycles. The van der Waals surface area contributed by atoms with E-state index < -0.39 is 0 Å². The van der Waals surface area contributed by atoms with Gasteiger partial charge in [0, 0.05) is 55.8 Å². The lowest BCUT2D eigenvalue weighted by molar-refractivity contribution is -0.135. The van der Waals surface area contributed by atoms with Crippen molar-refractivity contribution < 1.29 is 14.4 Å². The molecule has 3 aliphatic heterocycles. The summed E-state index contributed by atoms with van der Waals surface area (Å²) in [5.74, 6) is 1.89. The highest BCUT2D eigenvalue weighted by Gasteiger charge is 2.39. The zero-order valence-corrected chi connectivity index (χ0v) is 20.6. The van der Waals surface area contributed by atoms with Gasteiger partial charge in [-0.1, -0.05) is 6.07 Å². The van der Waals surface area contributed by atoms with Crippen LogP contribution in [0.1, 0.15) is 44.9 Å². The molecule has 180 valence electrons. The average molecular weight is 482 g/mol. The molecule has 0 atom stereocenters. The van der Waals surface area contributed by atoms with Gasteiger partial charge in [-0.25, -0.2) is 0 Å². The van der Waals surface area contributed by atoms with E-state index in [2.05, 4.69) is 10.00 Å². The highest BCUT2D eigenvalue weighted by molar-refractivity contribution is 7.99. The van der Waals surface area contributed by atoms with E-state index in [1.165, 1.54) is 4.90 Å². The van der Waals surface area contributed by atoms with Crippen LogP contribution in [-0.4, -0.2) is 81.5 Å². The maximum Gasteiger partial charge on any atom is 0.263 e. The first-order chi connectivity index (χ1) is 16.4. The van der Waals surface area contributed by atoms with Gasteiger partial charge in [0.2, 0.25) is 5.91 Å². The molecule has 5 rings (SSSR count). The third-order valence-corrected chi connectivity index (χ3v) is 8.07. The van der Waals surface area contributed by atoms with Crippen LogP contribution in [0.25, 0.3) is 0 Å². The van der Waals surface area contributed by atoms with Gasteiger partial charge in [-0.05, 0) is 44.9 Å². The van der Waals surface area contributed by atoms with E-state index in [0.29, 0.717) is 37.3 Å². The minimum Gasteiger partial charge on any atom is -0.371 e. The van der Waals surface area contributed by atoms with Gasteiger partial charge in [-0.2, -0.15) is 16.9 Å². The molecule has 0 radical (unpaired) electrons. The molecule has 2 aromatic rings. The number of piperidine rings is 1. The number of thioether (sulfide) groups is 1. The monoisotopic (exact) mass is 481 g/mol. The largest absolute Gasteiger partial charge is 0.371 e. The van der Waals surface area contributed by atoms with E-state index in [1.54, 1.807) is 6.07 Å². The zero-order valence-electron chi connectivity index (χ0n) is 19.8. The van der Waals surface area contributed by atoms with Crippen molar-refractivity contribution >= 4 is 35.2 Å². The standard InChI is InChI=1S/C25H31N5O3S/c1-17-16-18(2)30(26-17)11-10-29-24(32)20-4-3-5-21(22(20)25(29)33)27-8-6-19(7-9-27)23(31)28-12-14-34-15-13-28/h3-5,16,19H,6-15H2,1-2H3. The fraction of sp³-hybridized carbons (Fsp3) is 0.520. The van der Waals surface area contributed by atoms with Crippen molar-refractivity contribution in [1.29, 1.82) is 0 Å². The lowest BCUT2D eigenvalue weighted by Gasteiger charge is -2.36. The number of hydrogen-bond acceptors (Lipinski definition) is 6. The SMILES string of the molecule is Cc1cc(C)n(CCN2C(=O)c3cccc(N4CCC(C(=O)N5CCSCC5)CC4)c3C2=O)n1. The summed E-state index contributed by atoms with van der Waals surface area (Å²) in [6.45, 7) is 7.78. The Balaban J connectivity index is 1.27. The van der Waals surface area contributed by atoms with Crippen molar-refractivity contribution in [3.05, 3.63) is 46.8 Å². The van der Waals surface area contributed by atoms with Gasteiger partial charge in [-0.15, -0.1) is 0 Å². The summed E-state index contributed by atoms with van der Waals surface area (Å²) in [4.78, 5) is 44.9. The number of rotatable bonds is 5. The van der Waals surface area contributed by atoms with Gasteiger partial charge in [0.05, 0.1) is 29.1 Å². The first-order valence-corrected chi connectivity index (χ1v) is 13.2. The Morgan fingerprint density at radius 3 is 2.44 bits per heavy atom. The van der Waals surface area contributed by atoms with Crippen molar-refractivity contribution in [2.45, 2.75) is 33.2 Å². The highest BCUT2D eigenvalue weighted by Crippen LogP contribution is 2.34. The van der Waals surface area contributed by atoms with Crippen LogP contribution in [0.15, 0.2) is 24.3 Å². The molecule has 2 fully saturated rings. The number of aryl methyl sites for hydroxylation is 2. The molecule has 0 aliphatic carbocycles. The highest BCUT2D eigenvalue weighted by atomic mass is 32.2. The summed E-state index contributed by atoms with van der Waals surface area (Å²) in [5.41, 5.74) is 3.71. The van der Waals surface area contributed by atoms with Gasteiger partial charge < -0.3 is 9.80 Å². The fourth-order valence-corrected chi connectivity index (χ4v) is 6.19. The van der Waals surface area contributed by atoms with Crippen molar-refractivity contribution in [3.63, 3.8) is 0 Å². The van der Waals surface area contributed by atoms with E-state index in [-0.39, 0.29) is 23.6 Å². The summed E-state index contributed by atoms with van der Waals surface area (Å²) in [6.07, 6.45) is 1.55. The number of imide groups is 1. The molecular weight excluding hydrogens is 450 g/mol. The molecule has 0 unspecified atom stereocenters. The van der Waals surface area contributed by atoms with E-state index in [4.69, 9.17) is 0 Å². The minimum absolute atomic E-state index is 0.0470. The van der Waals surface area contributed by atoms with Crippen LogP contribution in [0.2, 0.25) is 0 Å². The van der Waals surface area contributed by atoms with Crippen molar-refractivity contribution in [1.82, 2.24) is 19.6 Å². The Morgan fingerprint density at radius 1 is 1.03 bits per heavy atom. The van der Waals surface area contributed by atoms with Crippen LogP contribution in [0, 0.1) is 19.8 Å². The number of amides is 3. The average Bonchev–Trinajstić information content (AvgIpc) is 3.32. The molecule has 0 spiro atoms. The summed E-state index contributed by atoms with van der Waals surface area (Å²) in [6, 6.07) is 7.51.